The second-order valence-electron chi connectivity index (χ2n) is 5.06. The minimum absolute atomic E-state index is 0.645. The van der Waals surface area contributed by atoms with Gasteiger partial charge in [-0.2, -0.15) is 0 Å². The van der Waals surface area contributed by atoms with Gasteiger partial charge < -0.3 is 0 Å². The lowest BCUT2D eigenvalue weighted by molar-refractivity contribution is 0.617. The summed E-state index contributed by atoms with van der Waals surface area (Å²) in [5.74, 6) is 0.645. The Kier molecular flexibility index (Phi) is 6.70. The SMILES string of the molecule is CC/C=C\CC(CCC)c1cc(C)c(C)cc1Br. The number of hydrogen-bond acceptors (Lipinski definition) is 0. The molecule has 0 saturated carbocycles. The van der Waals surface area contributed by atoms with Crippen molar-refractivity contribution in [1.82, 2.24) is 0 Å². The number of halogens is 1. The molecule has 0 aliphatic rings. The van der Waals surface area contributed by atoms with Gasteiger partial charge >= 0.3 is 0 Å². The molecule has 0 saturated heterocycles. The summed E-state index contributed by atoms with van der Waals surface area (Å²) in [5.41, 5.74) is 4.24. The van der Waals surface area contributed by atoms with Gasteiger partial charge in [0.1, 0.15) is 0 Å². The largest absolute Gasteiger partial charge is 0.0888 e. The minimum atomic E-state index is 0.645. The summed E-state index contributed by atoms with van der Waals surface area (Å²) < 4.78 is 1.27. The predicted octanol–water partition coefficient (Wildman–Crippen LogP) is 6.31. The van der Waals surface area contributed by atoms with Gasteiger partial charge in [-0.3, -0.25) is 0 Å². The number of benzene rings is 1. The van der Waals surface area contributed by atoms with Gasteiger partial charge in [0, 0.05) is 4.47 Å². The van der Waals surface area contributed by atoms with E-state index in [-0.39, 0.29) is 0 Å². The van der Waals surface area contributed by atoms with Crippen molar-refractivity contribution in [1.29, 1.82) is 0 Å². The first-order chi connectivity index (χ1) is 8.60. The fourth-order valence-electron chi connectivity index (χ4n) is 2.29. The Bertz CT molecular complexity index is 404. The average Bonchev–Trinajstić information content (AvgIpc) is 2.33. The summed E-state index contributed by atoms with van der Waals surface area (Å²) in [4.78, 5) is 0. The van der Waals surface area contributed by atoms with E-state index in [1.54, 1.807) is 0 Å². The molecule has 18 heavy (non-hydrogen) atoms. The Morgan fingerprint density at radius 1 is 1.11 bits per heavy atom. The molecular formula is C17H25Br. The van der Waals surface area contributed by atoms with E-state index in [1.165, 1.54) is 34.0 Å². The zero-order chi connectivity index (χ0) is 13.5. The molecule has 0 fully saturated rings. The summed E-state index contributed by atoms with van der Waals surface area (Å²) in [7, 11) is 0. The first kappa shape index (κ1) is 15.5. The van der Waals surface area contributed by atoms with Crippen LogP contribution < -0.4 is 0 Å². The molecule has 0 radical (unpaired) electrons. The number of aryl methyl sites for hydroxylation is 2. The molecule has 1 heteroatoms. The molecule has 0 aliphatic heterocycles. The van der Waals surface area contributed by atoms with Crippen molar-refractivity contribution >= 4 is 15.9 Å². The number of allylic oxidation sites excluding steroid dienone is 2. The highest BCUT2D eigenvalue weighted by Gasteiger charge is 2.13. The van der Waals surface area contributed by atoms with Gasteiger partial charge in [0.25, 0.3) is 0 Å². The van der Waals surface area contributed by atoms with Crippen molar-refractivity contribution in [2.24, 2.45) is 0 Å². The second-order valence-corrected chi connectivity index (χ2v) is 5.91. The Balaban J connectivity index is 2.97. The fourth-order valence-corrected chi connectivity index (χ4v) is 3.07. The standard InChI is InChI=1S/C17H25Br/c1-5-7-8-10-15(9-6-2)16-11-13(3)14(4)12-17(16)18/h7-8,11-12,15H,5-6,9-10H2,1-4H3/b8-7-. The third kappa shape index (κ3) is 4.28. The van der Waals surface area contributed by atoms with E-state index < -0.39 is 0 Å². The van der Waals surface area contributed by atoms with Crippen LogP contribution in [0, 0.1) is 13.8 Å². The van der Waals surface area contributed by atoms with Crippen molar-refractivity contribution in [3.8, 4) is 0 Å². The third-order valence-electron chi connectivity index (χ3n) is 3.51. The summed E-state index contributed by atoms with van der Waals surface area (Å²) in [6, 6.07) is 4.62. The second kappa shape index (κ2) is 7.78. The van der Waals surface area contributed by atoms with Gasteiger partial charge in [-0.1, -0.05) is 54.4 Å². The van der Waals surface area contributed by atoms with E-state index in [4.69, 9.17) is 0 Å². The van der Waals surface area contributed by atoms with Crippen LogP contribution in [0.3, 0.4) is 0 Å². The maximum atomic E-state index is 3.74. The van der Waals surface area contributed by atoms with Crippen LogP contribution >= 0.6 is 15.9 Å². The van der Waals surface area contributed by atoms with Crippen molar-refractivity contribution in [2.45, 2.75) is 59.3 Å². The maximum Gasteiger partial charge on any atom is 0.0213 e. The van der Waals surface area contributed by atoms with Gasteiger partial charge in [-0.25, -0.2) is 0 Å². The molecule has 0 heterocycles. The maximum absolute atomic E-state index is 3.74. The lowest BCUT2D eigenvalue weighted by atomic mass is 9.89. The van der Waals surface area contributed by atoms with E-state index >= 15 is 0 Å². The fraction of sp³-hybridized carbons (Fsp3) is 0.529. The highest BCUT2D eigenvalue weighted by Crippen LogP contribution is 2.33. The molecule has 0 bridgehead atoms. The Morgan fingerprint density at radius 3 is 2.39 bits per heavy atom. The van der Waals surface area contributed by atoms with E-state index in [0.29, 0.717) is 5.92 Å². The number of hydrogen-bond donors (Lipinski definition) is 0. The first-order valence-corrected chi connectivity index (χ1v) is 7.81. The van der Waals surface area contributed by atoms with Crippen LogP contribution in [0.2, 0.25) is 0 Å². The minimum Gasteiger partial charge on any atom is -0.0888 e. The van der Waals surface area contributed by atoms with Crippen LogP contribution in [-0.2, 0) is 0 Å². The summed E-state index contributed by atoms with van der Waals surface area (Å²) >= 11 is 3.74. The molecule has 1 rings (SSSR count). The van der Waals surface area contributed by atoms with E-state index in [1.807, 2.05) is 0 Å². The lowest BCUT2D eigenvalue weighted by Crippen LogP contribution is -2.00. The molecule has 100 valence electrons. The molecule has 0 nitrogen and oxygen atoms in total. The van der Waals surface area contributed by atoms with Gasteiger partial charge in [0.15, 0.2) is 0 Å². The van der Waals surface area contributed by atoms with Gasteiger partial charge in [-0.15, -0.1) is 0 Å². The highest BCUT2D eigenvalue weighted by molar-refractivity contribution is 9.10. The van der Waals surface area contributed by atoms with Gasteiger partial charge in [0.05, 0.1) is 0 Å². The Hall–Kier alpha value is -0.560. The molecule has 1 aromatic rings. The van der Waals surface area contributed by atoms with E-state index in [9.17, 15) is 0 Å². The quantitative estimate of drug-likeness (QED) is 0.540. The van der Waals surface area contributed by atoms with Crippen molar-refractivity contribution in [3.05, 3.63) is 45.4 Å². The van der Waals surface area contributed by atoms with Crippen molar-refractivity contribution in [2.75, 3.05) is 0 Å². The van der Waals surface area contributed by atoms with Crippen LogP contribution in [0.5, 0.6) is 0 Å². The third-order valence-corrected chi connectivity index (χ3v) is 4.20. The number of rotatable bonds is 6. The predicted molar refractivity (Wildman–Crippen MR) is 85.3 cm³/mol. The Morgan fingerprint density at radius 2 is 1.78 bits per heavy atom. The molecular weight excluding hydrogens is 284 g/mol. The zero-order valence-electron chi connectivity index (χ0n) is 12.1. The summed E-state index contributed by atoms with van der Waals surface area (Å²) in [6.07, 6.45) is 9.40. The smallest absolute Gasteiger partial charge is 0.0213 e. The van der Waals surface area contributed by atoms with E-state index in [2.05, 4.69) is 67.9 Å². The molecule has 1 aromatic carbocycles. The molecule has 0 amide bonds. The molecule has 0 aliphatic carbocycles. The van der Waals surface area contributed by atoms with Crippen LogP contribution in [0.1, 0.15) is 62.1 Å². The molecule has 0 aromatic heterocycles. The highest BCUT2D eigenvalue weighted by atomic mass is 79.9. The molecule has 0 N–H and O–H groups in total. The van der Waals surface area contributed by atoms with Crippen LogP contribution in [-0.4, -0.2) is 0 Å². The van der Waals surface area contributed by atoms with Crippen molar-refractivity contribution in [3.63, 3.8) is 0 Å². The zero-order valence-corrected chi connectivity index (χ0v) is 13.7. The monoisotopic (exact) mass is 308 g/mol. The van der Waals surface area contributed by atoms with Crippen LogP contribution in [0.25, 0.3) is 0 Å². The summed E-state index contributed by atoms with van der Waals surface area (Å²) in [5, 5.41) is 0. The normalized spacial score (nSPS) is 13.2. The summed E-state index contributed by atoms with van der Waals surface area (Å²) in [6.45, 7) is 8.84. The van der Waals surface area contributed by atoms with E-state index in [0.717, 1.165) is 12.8 Å². The first-order valence-electron chi connectivity index (χ1n) is 7.01. The van der Waals surface area contributed by atoms with Gasteiger partial charge in [-0.05, 0) is 61.8 Å². The molecule has 1 unspecified atom stereocenters. The van der Waals surface area contributed by atoms with Gasteiger partial charge in [0.2, 0.25) is 0 Å². The molecule has 1 atom stereocenters. The topological polar surface area (TPSA) is 0 Å². The van der Waals surface area contributed by atoms with Crippen molar-refractivity contribution < 1.29 is 0 Å². The van der Waals surface area contributed by atoms with Crippen LogP contribution in [0.4, 0.5) is 0 Å². The van der Waals surface area contributed by atoms with Crippen LogP contribution in [0.15, 0.2) is 28.8 Å². The average molecular weight is 309 g/mol. The molecule has 0 spiro atoms. The Labute approximate surface area is 121 Å². The lowest BCUT2D eigenvalue weighted by Gasteiger charge is -2.18.